The van der Waals surface area contributed by atoms with E-state index in [1.165, 1.54) is 11.1 Å². The maximum Gasteiger partial charge on any atom is 0.0890 e. The molecule has 0 aliphatic carbocycles. The Morgan fingerprint density at radius 3 is 2.45 bits per heavy atom. The molecule has 3 aromatic rings. The predicted molar refractivity (Wildman–Crippen MR) is 89.2 cm³/mol. The largest absolute Gasteiger partial charge is 0.307 e. The van der Waals surface area contributed by atoms with Crippen molar-refractivity contribution < 1.29 is 0 Å². The Labute approximate surface area is 131 Å². The van der Waals surface area contributed by atoms with Crippen LogP contribution < -0.4 is 5.32 Å². The summed E-state index contributed by atoms with van der Waals surface area (Å²) in [5.74, 6) is 0. The molecule has 3 rings (SSSR count). The van der Waals surface area contributed by atoms with Crippen LogP contribution in [-0.2, 0) is 13.1 Å². The Morgan fingerprint density at radius 1 is 0.818 bits per heavy atom. The average molecular weight is 289 g/mol. The highest BCUT2D eigenvalue weighted by Gasteiger charge is 2.02. The van der Waals surface area contributed by atoms with Crippen molar-refractivity contribution in [3.05, 3.63) is 83.7 Å². The molecule has 0 unspecified atom stereocenters. The Hall–Kier alpha value is -2.52. The minimum atomic E-state index is 0.745. The van der Waals surface area contributed by atoms with Gasteiger partial charge in [0, 0.05) is 19.3 Å². The lowest BCUT2D eigenvalue weighted by molar-refractivity contribution is 0.678. The van der Waals surface area contributed by atoms with Crippen molar-refractivity contribution in [3.63, 3.8) is 0 Å². The van der Waals surface area contributed by atoms with E-state index in [4.69, 9.17) is 0 Å². The summed E-state index contributed by atoms with van der Waals surface area (Å²) in [5, 5.41) is 3.45. The first-order chi connectivity index (χ1) is 10.8. The van der Waals surface area contributed by atoms with Crippen LogP contribution >= 0.6 is 0 Å². The van der Waals surface area contributed by atoms with Crippen LogP contribution in [0.5, 0.6) is 0 Å². The van der Waals surface area contributed by atoms with Crippen molar-refractivity contribution in [2.24, 2.45) is 0 Å². The third kappa shape index (κ3) is 3.57. The predicted octanol–water partition coefficient (Wildman–Crippen LogP) is 3.74. The molecule has 1 aromatic carbocycles. The number of nitrogens with one attached hydrogen (secondary N) is 1. The van der Waals surface area contributed by atoms with Gasteiger partial charge in [0.05, 0.1) is 17.1 Å². The second-order valence-electron chi connectivity index (χ2n) is 5.26. The summed E-state index contributed by atoms with van der Waals surface area (Å²) in [5.41, 5.74) is 5.48. The van der Waals surface area contributed by atoms with Gasteiger partial charge in [-0.15, -0.1) is 0 Å². The third-order valence-electron chi connectivity index (χ3n) is 3.62. The van der Waals surface area contributed by atoms with E-state index in [0.29, 0.717) is 0 Å². The van der Waals surface area contributed by atoms with Gasteiger partial charge < -0.3 is 5.32 Å². The highest BCUT2D eigenvalue weighted by molar-refractivity contribution is 5.53. The Morgan fingerprint density at radius 2 is 1.64 bits per heavy atom. The number of pyridine rings is 2. The molecule has 0 amide bonds. The van der Waals surface area contributed by atoms with Crippen molar-refractivity contribution in [1.82, 2.24) is 15.3 Å². The fourth-order valence-corrected chi connectivity index (χ4v) is 2.37. The molecule has 0 saturated carbocycles. The molecule has 0 aliphatic rings. The molecule has 0 saturated heterocycles. The van der Waals surface area contributed by atoms with Crippen LogP contribution in [0.2, 0.25) is 0 Å². The van der Waals surface area contributed by atoms with E-state index >= 15 is 0 Å². The van der Waals surface area contributed by atoms with Crippen LogP contribution in [0.4, 0.5) is 0 Å². The normalized spacial score (nSPS) is 10.6. The molecule has 1 N–H and O–H groups in total. The molecule has 0 bridgehead atoms. The number of benzene rings is 1. The van der Waals surface area contributed by atoms with Gasteiger partial charge in [-0.3, -0.25) is 4.98 Å². The molecule has 0 spiro atoms. The van der Waals surface area contributed by atoms with E-state index in [1.807, 2.05) is 36.4 Å². The van der Waals surface area contributed by atoms with Gasteiger partial charge in [-0.25, -0.2) is 4.98 Å². The zero-order valence-corrected chi connectivity index (χ0v) is 12.7. The minimum absolute atomic E-state index is 0.745. The highest BCUT2D eigenvalue weighted by atomic mass is 14.9. The molecular weight excluding hydrogens is 270 g/mol. The lowest BCUT2D eigenvalue weighted by Crippen LogP contribution is -2.14. The van der Waals surface area contributed by atoms with Crippen molar-refractivity contribution in [1.29, 1.82) is 0 Å². The molecule has 3 nitrogen and oxygen atoms in total. The van der Waals surface area contributed by atoms with Crippen molar-refractivity contribution in [3.8, 4) is 11.4 Å². The molecule has 2 heterocycles. The van der Waals surface area contributed by atoms with Crippen LogP contribution in [0.15, 0.2) is 66.9 Å². The Bertz CT molecular complexity index is 738. The number of nitrogens with zero attached hydrogens (tertiary/aromatic N) is 2. The maximum atomic E-state index is 4.67. The standard InChI is InChI=1S/C19H19N3/c1-15-7-2-3-8-16(15)13-20-14-17-9-6-11-19(22-17)18-10-4-5-12-21-18/h2-12,20H,13-14H2,1H3. The molecule has 0 radical (unpaired) electrons. The number of hydrogen-bond acceptors (Lipinski definition) is 3. The lowest BCUT2D eigenvalue weighted by Gasteiger charge is -2.08. The summed E-state index contributed by atoms with van der Waals surface area (Å²) >= 11 is 0. The van der Waals surface area contributed by atoms with Crippen LogP contribution in [0.25, 0.3) is 11.4 Å². The van der Waals surface area contributed by atoms with Crippen molar-refractivity contribution >= 4 is 0 Å². The zero-order valence-electron chi connectivity index (χ0n) is 12.7. The van der Waals surface area contributed by atoms with Gasteiger partial charge >= 0.3 is 0 Å². The average Bonchev–Trinajstić information content (AvgIpc) is 2.58. The first-order valence-corrected chi connectivity index (χ1v) is 7.45. The van der Waals surface area contributed by atoms with E-state index < -0.39 is 0 Å². The number of aromatic nitrogens is 2. The first-order valence-electron chi connectivity index (χ1n) is 7.45. The third-order valence-corrected chi connectivity index (χ3v) is 3.62. The topological polar surface area (TPSA) is 37.8 Å². The second-order valence-corrected chi connectivity index (χ2v) is 5.26. The highest BCUT2D eigenvalue weighted by Crippen LogP contribution is 2.13. The van der Waals surface area contributed by atoms with E-state index in [1.54, 1.807) is 6.20 Å². The molecule has 0 fully saturated rings. The Balaban J connectivity index is 1.65. The summed E-state index contributed by atoms with van der Waals surface area (Å²) in [4.78, 5) is 9.02. The smallest absolute Gasteiger partial charge is 0.0890 e. The molecule has 0 atom stereocenters. The molecule has 22 heavy (non-hydrogen) atoms. The number of hydrogen-bond donors (Lipinski definition) is 1. The van der Waals surface area contributed by atoms with Crippen molar-refractivity contribution in [2.75, 3.05) is 0 Å². The lowest BCUT2D eigenvalue weighted by atomic mass is 10.1. The summed E-state index contributed by atoms with van der Waals surface area (Å²) in [6.45, 7) is 3.73. The summed E-state index contributed by atoms with van der Waals surface area (Å²) < 4.78 is 0. The fraction of sp³-hybridized carbons (Fsp3) is 0.158. The quantitative estimate of drug-likeness (QED) is 0.777. The Kier molecular flexibility index (Phi) is 4.56. The molecule has 0 aliphatic heterocycles. The van der Waals surface area contributed by atoms with Gasteiger partial charge in [0.1, 0.15) is 0 Å². The van der Waals surface area contributed by atoms with Crippen LogP contribution in [-0.4, -0.2) is 9.97 Å². The van der Waals surface area contributed by atoms with Gasteiger partial charge in [0.2, 0.25) is 0 Å². The van der Waals surface area contributed by atoms with Crippen LogP contribution in [0.1, 0.15) is 16.8 Å². The molecular formula is C19H19N3. The van der Waals surface area contributed by atoms with E-state index in [2.05, 4.69) is 46.5 Å². The summed E-state index contributed by atoms with van der Waals surface area (Å²) in [7, 11) is 0. The van der Waals surface area contributed by atoms with E-state index in [0.717, 1.165) is 30.2 Å². The number of rotatable bonds is 5. The second kappa shape index (κ2) is 6.96. The van der Waals surface area contributed by atoms with Gasteiger partial charge in [-0.2, -0.15) is 0 Å². The van der Waals surface area contributed by atoms with Gasteiger partial charge in [0.25, 0.3) is 0 Å². The van der Waals surface area contributed by atoms with Gasteiger partial charge in [0.15, 0.2) is 0 Å². The summed E-state index contributed by atoms with van der Waals surface area (Å²) in [6, 6.07) is 20.4. The fourth-order valence-electron chi connectivity index (χ4n) is 2.37. The molecule has 110 valence electrons. The van der Waals surface area contributed by atoms with E-state index in [-0.39, 0.29) is 0 Å². The van der Waals surface area contributed by atoms with Crippen LogP contribution in [0, 0.1) is 6.92 Å². The van der Waals surface area contributed by atoms with Crippen molar-refractivity contribution in [2.45, 2.75) is 20.0 Å². The maximum absolute atomic E-state index is 4.67. The summed E-state index contributed by atoms with van der Waals surface area (Å²) in [6.07, 6.45) is 1.79. The number of aryl methyl sites for hydroxylation is 1. The zero-order chi connectivity index (χ0) is 15.2. The molecule has 3 heteroatoms. The van der Waals surface area contributed by atoms with Crippen LogP contribution in [0.3, 0.4) is 0 Å². The minimum Gasteiger partial charge on any atom is -0.307 e. The van der Waals surface area contributed by atoms with Gasteiger partial charge in [-0.05, 0) is 42.3 Å². The first kappa shape index (κ1) is 14.4. The molecule has 2 aromatic heterocycles. The SMILES string of the molecule is Cc1ccccc1CNCc1cccc(-c2ccccn2)n1. The van der Waals surface area contributed by atoms with E-state index in [9.17, 15) is 0 Å². The van der Waals surface area contributed by atoms with Gasteiger partial charge in [-0.1, -0.05) is 36.4 Å². The monoisotopic (exact) mass is 289 g/mol.